The molecule has 2 aromatic carbocycles. The van der Waals surface area contributed by atoms with Crippen molar-refractivity contribution in [1.29, 1.82) is 0 Å². The van der Waals surface area contributed by atoms with E-state index in [2.05, 4.69) is 13.8 Å². The number of nitrogens with two attached hydrogens (primary N) is 1. The number of nitrogen functional groups attached to an aromatic ring is 1. The summed E-state index contributed by atoms with van der Waals surface area (Å²) in [6.07, 6.45) is 1.85. The highest BCUT2D eigenvalue weighted by molar-refractivity contribution is 6.07. The fraction of sp³-hybridized carbons (Fsp3) is 0.350. The summed E-state index contributed by atoms with van der Waals surface area (Å²) in [4.78, 5) is 14.8. The minimum atomic E-state index is -0.00320. The van der Waals surface area contributed by atoms with Gasteiger partial charge in [-0.3, -0.25) is 4.79 Å². The zero-order valence-electron chi connectivity index (χ0n) is 14.3. The molecular formula is C20H24N2O2. The van der Waals surface area contributed by atoms with Crippen molar-refractivity contribution in [3.05, 3.63) is 53.6 Å². The summed E-state index contributed by atoms with van der Waals surface area (Å²) in [5, 5.41) is 0. The van der Waals surface area contributed by atoms with Gasteiger partial charge in [0.15, 0.2) is 0 Å². The van der Waals surface area contributed by atoms with E-state index in [-0.39, 0.29) is 5.91 Å². The number of rotatable bonds is 4. The number of nitrogens with zero attached hydrogens (tertiary/aromatic N) is 1. The summed E-state index contributed by atoms with van der Waals surface area (Å²) >= 11 is 0. The van der Waals surface area contributed by atoms with Gasteiger partial charge in [0.1, 0.15) is 5.75 Å². The molecule has 0 saturated carbocycles. The predicted octanol–water partition coefficient (Wildman–Crippen LogP) is 3.90. The molecule has 1 aliphatic heterocycles. The number of carbonyl (C=O) groups is 1. The highest BCUT2D eigenvalue weighted by atomic mass is 16.5. The lowest BCUT2D eigenvalue weighted by Crippen LogP contribution is -2.35. The lowest BCUT2D eigenvalue weighted by Gasteiger charge is -2.30. The van der Waals surface area contributed by atoms with E-state index in [1.165, 1.54) is 0 Å². The van der Waals surface area contributed by atoms with E-state index in [1.54, 1.807) is 0 Å². The van der Waals surface area contributed by atoms with E-state index in [0.717, 1.165) is 35.5 Å². The highest BCUT2D eigenvalue weighted by Crippen LogP contribution is 2.32. The van der Waals surface area contributed by atoms with Crippen LogP contribution in [0.15, 0.2) is 42.5 Å². The molecule has 126 valence electrons. The van der Waals surface area contributed by atoms with Crippen molar-refractivity contribution in [3.8, 4) is 5.75 Å². The Bertz CT molecular complexity index is 740. The number of ether oxygens (including phenoxy) is 1. The molecule has 4 heteroatoms. The summed E-state index contributed by atoms with van der Waals surface area (Å²) in [6.45, 7) is 5.56. The molecule has 3 rings (SSSR count). The first-order valence-electron chi connectivity index (χ1n) is 8.48. The van der Waals surface area contributed by atoms with Gasteiger partial charge in [-0.05, 0) is 54.7 Å². The molecule has 2 N–H and O–H groups in total. The molecule has 0 radical (unpaired) electrons. The van der Waals surface area contributed by atoms with Crippen molar-refractivity contribution in [2.45, 2.75) is 26.7 Å². The number of hydrogen-bond acceptors (Lipinski definition) is 3. The molecule has 0 atom stereocenters. The first kappa shape index (κ1) is 16.4. The molecule has 0 bridgehead atoms. The fourth-order valence-electron chi connectivity index (χ4n) is 3.00. The third-order valence-electron chi connectivity index (χ3n) is 4.20. The van der Waals surface area contributed by atoms with E-state index in [9.17, 15) is 4.79 Å². The van der Waals surface area contributed by atoms with Crippen molar-refractivity contribution in [2.24, 2.45) is 5.92 Å². The van der Waals surface area contributed by atoms with Gasteiger partial charge in [0.05, 0.1) is 6.61 Å². The maximum Gasteiger partial charge on any atom is 0.258 e. The number of benzene rings is 2. The Morgan fingerprint density at radius 3 is 2.83 bits per heavy atom. The van der Waals surface area contributed by atoms with Crippen molar-refractivity contribution in [2.75, 3.05) is 23.8 Å². The average molecular weight is 324 g/mol. The van der Waals surface area contributed by atoms with E-state index in [1.807, 2.05) is 47.4 Å². The van der Waals surface area contributed by atoms with E-state index in [4.69, 9.17) is 10.5 Å². The predicted molar refractivity (Wildman–Crippen MR) is 97.6 cm³/mol. The smallest absolute Gasteiger partial charge is 0.258 e. The summed E-state index contributed by atoms with van der Waals surface area (Å²) in [5.41, 5.74) is 9.49. The molecule has 4 nitrogen and oxygen atoms in total. The third kappa shape index (κ3) is 3.37. The van der Waals surface area contributed by atoms with Gasteiger partial charge < -0.3 is 15.4 Å². The van der Waals surface area contributed by atoms with Crippen LogP contribution >= 0.6 is 0 Å². The first-order chi connectivity index (χ1) is 11.6. The average Bonchev–Trinajstić information content (AvgIpc) is 2.59. The van der Waals surface area contributed by atoms with Gasteiger partial charge >= 0.3 is 0 Å². The van der Waals surface area contributed by atoms with Crippen molar-refractivity contribution >= 4 is 17.3 Å². The molecule has 1 aliphatic rings. The number of fused-ring (bicyclic) bond motifs is 1. The van der Waals surface area contributed by atoms with Gasteiger partial charge in [-0.1, -0.05) is 26.0 Å². The summed E-state index contributed by atoms with van der Waals surface area (Å²) < 4.78 is 5.74. The minimum absolute atomic E-state index is 0.00320. The minimum Gasteiger partial charge on any atom is -0.493 e. The molecular weight excluding hydrogens is 300 g/mol. The van der Waals surface area contributed by atoms with E-state index >= 15 is 0 Å². The Morgan fingerprint density at radius 2 is 2.04 bits per heavy atom. The molecule has 0 unspecified atom stereocenters. The second kappa shape index (κ2) is 6.95. The Labute approximate surface area is 143 Å². The molecule has 0 fully saturated rings. The summed E-state index contributed by atoms with van der Waals surface area (Å²) in [5.74, 6) is 1.18. The van der Waals surface area contributed by atoms with Gasteiger partial charge in [0.2, 0.25) is 0 Å². The summed E-state index contributed by atoms with van der Waals surface area (Å²) in [7, 11) is 0. The zero-order chi connectivity index (χ0) is 17.1. The number of anilines is 2. The third-order valence-corrected chi connectivity index (χ3v) is 4.20. The fourth-order valence-corrected chi connectivity index (χ4v) is 3.00. The Balaban J connectivity index is 1.86. The van der Waals surface area contributed by atoms with Crippen LogP contribution < -0.4 is 15.4 Å². The van der Waals surface area contributed by atoms with E-state index < -0.39 is 0 Å². The Kier molecular flexibility index (Phi) is 4.74. The van der Waals surface area contributed by atoms with Gasteiger partial charge in [-0.2, -0.15) is 0 Å². The maximum atomic E-state index is 13.0. The SMILES string of the molecule is CC(C)COc1cccc(C(=O)N2CCCc3c(N)cccc32)c1. The lowest BCUT2D eigenvalue weighted by molar-refractivity contribution is 0.0984. The lowest BCUT2D eigenvalue weighted by atomic mass is 9.99. The van der Waals surface area contributed by atoms with Crippen LogP contribution in [0.25, 0.3) is 0 Å². The monoisotopic (exact) mass is 324 g/mol. The second-order valence-corrected chi connectivity index (χ2v) is 6.64. The topological polar surface area (TPSA) is 55.6 Å². The van der Waals surface area contributed by atoms with Gasteiger partial charge in [-0.25, -0.2) is 0 Å². The molecule has 1 amide bonds. The van der Waals surface area contributed by atoms with Crippen LogP contribution in [-0.2, 0) is 6.42 Å². The highest BCUT2D eigenvalue weighted by Gasteiger charge is 2.24. The quantitative estimate of drug-likeness (QED) is 0.868. The van der Waals surface area contributed by atoms with Crippen LogP contribution in [0.3, 0.4) is 0 Å². The van der Waals surface area contributed by atoms with Crippen LogP contribution in [0.2, 0.25) is 0 Å². The molecule has 0 saturated heterocycles. The summed E-state index contributed by atoms with van der Waals surface area (Å²) in [6, 6.07) is 13.2. The van der Waals surface area contributed by atoms with Gasteiger partial charge in [0.25, 0.3) is 5.91 Å². The van der Waals surface area contributed by atoms with Crippen LogP contribution in [0.4, 0.5) is 11.4 Å². The van der Waals surface area contributed by atoms with E-state index in [0.29, 0.717) is 24.6 Å². The Hall–Kier alpha value is -2.49. The van der Waals surface area contributed by atoms with Gasteiger partial charge in [-0.15, -0.1) is 0 Å². The maximum absolute atomic E-state index is 13.0. The van der Waals surface area contributed by atoms with Crippen molar-refractivity contribution < 1.29 is 9.53 Å². The normalized spacial score (nSPS) is 13.7. The van der Waals surface area contributed by atoms with Gasteiger partial charge in [0, 0.05) is 23.5 Å². The molecule has 24 heavy (non-hydrogen) atoms. The second-order valence-electron chi connectivity index (χ2n) is 6.64. The number of carbonyl (C=O) groups excluding carboxylic acids is 1. The molecule has 0 aliphatic carbocycles. The van der Waals surface area contributed by atoms with Crippen LogP contribution in [0.5, 0.6) is 5.75 Å². The van der Waals surface area contributed by atoms with Crippen molar-refractivity contribution in [3.63, 3.8) is 0 Å². The number of amides is 1. The number of hydrogen-bond donors (Lipinski definition) is 1. The Morgan fingerprint density at radius 1 is 1.25 bits per heavy atom. The molecule has 2 aromatic rings. The standard InChI is InChI=1S/C20H24N2O2/c1-14(2)13-24-16-7-3-6-15(12-16)20(23)22-11-5-8-17-18(21)9-4-10-19(17)22/h3-4,6-7,9-10,12,14H,5,8,11,13,21H2,1-2H3. The van der Waals surface area contributed by atoms with Crippen molar-refractivity contribution in [1.82, 2.24) is 0 Å². The zero-order valence-corrected chi connectivity index (χ0v) is 14.3. The molecule has 1 heterocycles. The molecule has 0 aromatic heterocycles. The molecule has 0 spiro atoms. The van der Waals surface area contributed by atoms with Crippen LogP contribution in [0.1, 0.15) is 36.2 Å². The van der Waals surface area contributed by atoms with Crippen LogP contribution in [-0.4, -0.2) is 19.1 Å². The first-order valence-corrected chi connectivity index (χ1v) is 8.48. The van der Waals surface area contributed by atoms with Crippen LogP contribution in [0, 0.1) is 5.92 Å². The largest absolute Gasteiger partial charge is 0.493 e.